The lowest BCUT2D eigenvalue weighted by molar-refractivity contribution is 0.406. The highest BCUT2D eigenvalue weighted by Crippen LogP contribution is 2.48. The Balaban J connectivity index is 1.10. The largest absolute Gasteiger partial charge is 0.334 e. The number of rotatable bonds is 18. The fourth-order valence-corrected chi connectivity index (χ4v) is 12.3. The minimum atomic E-state index is 0.214. The molecule has 2 nitrogen and oxygen atoms in total. The maximum atomic E-state index is 2.68. The van der Waals surface area contributed by atoms with Crippen LogP contribution in [0.25, 0.3) is 32.3 Å². The van der Waals surface area contributed by atoms with Gasteiger partial charge < -0.3 is 9.80 Å². The van der Waals surface area contributed by atoms with E-state index in [9.17, 15) is 0 Å². The van der Waals surface area contributed by atoms with Gasteiger partial charge in [0.05, 0.1) is 17.4 Å². The van der Waals surface area contributed by atoms with Crippen LogP contribution in [0.5, 0.6) is 0 Å². The Hall–Kier alpha value is -5.60. The van der Waals surface area contributed by atoms with Gasteiger partial charge in [-0.25, -0.2) is 0 Å². The number of aryl methyl sites for hydroxylation is 2. The molecule has 350 valence electrons. The summed E-state index contributed by atoms with van der Waals surface area (Å²) in [6.45, 7) is 4.60. The third-order valence-corrected chi connectivity index (χ3v) is 16.1. The summed E-state index contributed by atoms with van der Waals surface area (Å²) in [5, 5.41) is 7.79. The molecule has 7 aromatic carbocycles. The average molecular weight is 897 g/mol. The number of nitrogens with zero attached hydrogens (tertiary/aromatic N) is 2. The van der Waals surface area contributed by atoms with Gasteiger partial charge in [0, 0.05) is 27.8 Å². The number of hydrogen-bond donors (Lipinski definition) is 0. The second-order valence-corrected chi connectivity index (χ2v) is 20.8. The minimum Gasteiger partial charge on any atom is -0.334 e. The molecule has 3 aliphatic carbocycles. The van der Waals surface area contributed by atoms with E-state index >= 15 is 0 Å². The van der Waals surface area contributed by atoms with Crippen molar-refractivity contribution >= 4 is 60.8 Å². The molecule has 1 unspecified atom stereocenters. The third kappa shape index (κ3) is 10.2. The molecule has 2 heteroatoms. The molecule has 0 N–H and O–H groups in total. The van der Waals surface area contributed by atoms with Crippen molar-refractivity contribution in [2.45, 2.75) is 161 Å². The maximum Gasteiger partial charge on any atom is 0.0560 e. The van der Waals surface area contributed by atoms with Crippen molar-refractivity contribution in [1.82, 2.24) is 0 Å². The highest BCUT2D eigenvalue weighted by molar-refractivity contribution is 6.24. The van der Waals surface area contributed by atoms with Gasteiger partial charge in [-0.05, 0) is 162 Å². The molecule has 0 aromatic heterocycles. The van der Waals surface area contributed by atoms with Crippen LogP contribution in [0.2, 0.25) is 0 Å². The Labute approximate surface area is 409 Å². The number of fused-ring (bicyclic) bond motifs is 5. The smallest absolute Gasteiger partial charge is 0.0560 e. The van der Waals surface area contributed by atoms with E-state index < -0.39 is 0 Å². The molecule has 0 bridgehead atoms. The lowest BCUT2D eigenvalue weighted by atomic mass is 9.81. The first-order chi connectivity index (χ1) is 33.7. The summed E-state index contributed by atoms with van der Waals surface area (Å²) in [6, 6.07) is 52.6. The average Bonchev–Trinajstić information content (AvgIpc) is 3.41. The predicted molar refractivity (Wildman–Crippen MR) is 296 cm³/mol. The normalized spacial score (nSPS) is 17.0. The quantitative estimate of drug-likeness (QED) is 0.0625. The van der Waals surface area contributed by atoms with Crippen molar-refractivity contribution in [3.63, 3.8) is 0 Å². The van der Waals surface area contributed by atoms with E-state index in [2.05, 4.69) is 175 Å². The molecule has 0 aliphatic heterocycles. The van der Waals surface area contributed by atoms with E-state index in [1.807, 2.05) is 0 Å². The zero-order valence-corrected chi connectivity index (χ0v) is 41.4. The van der Waals surface area contributed by atoms with Gasteiger partial charge in [0.2, 0.25) is 0 Å². The Morgan fingerprint density at radius 2 is 0.926 bits per heavy atom. The van der Waals surface area contributed by atoms with Crippen molar-refractivity contribution in [3.05, 3.63) is 174 Å². The molecule has 0 amide bonds. The molecule has 10 rings (SSSR count). The summed E-state index contributed by atoms with van der Waals surface area (Å²) in [6.07, 6.45) is 34.7. The van der Waals surface area contributed by atoms with Crippen LogP contribution in [0.4, 0.5) is 28.4 Å². The molecule has 0 saturated heterocycles. The zero-order chi connectivity index (χ0) is 46.1. The van der Waals surface area contributed by atoms with E-state index in [0.29, 0.717) is 11.8 Å². The van der Waals surface area contributed by atoms with Crippen molar-refractivity contribution < 1.29 is 0 Å². The van der Waals surface area contributed by atoms with Gasteiger partial charge in [-0.15, -0.1) is 0 Å². The van der Waals surface area contributed by atoms with E-state index in [0.717, 1.165) is 19.3 Å². The standard InChI is InChI=1S/C66H76N2/c1-3-5-7-11-21-49-31-39-55(40-32-49)67(57-43-35-53(36-44-57)51-23-13-9-14-24-51)65-47-63-60-28-18-20-30-62(60)66(48-64(63)59-27-17-19-29-61(59)65)68(56-41-33-50(34-42-56)22-12-8-6-4-2)58-45-37-54(38-46-58)52-25-15-10-16-26-52/h17-20,27-45,47-48,51-52,58H,3-16,21-26,46H2,1-2H3. The van der Waals surface area contributed by atoms with E-state index in [-0.39, 0.29) is 6.04 Å². The van der Waals surface area contributed by atoms with Crippen LogP contribution in [-0.2, 0) is 12.8 Å². The van der Waals surface area contributed by atoms with Gasteiger partial charge in [-0.3, -0.25) is 0 Å². The first kappa shape index (κ1) is 46.1. The van der Waals surface area contributed by atoms with Gasteiger partial charge in [0.15, 0.2) is 0 Å². The second-order valence-electron chi connectivity index (χ2n) is 20.8. The molecule has 68 heavy (non-hydrogen) atoms. The van der Waals surface area contributed by atoms with Crippen molar-refractivity contribution in [2.24, 2.45) is 5.92 Å². The summed E-state index contributed by atoms with van der Waals surface area (Å²) >= 11 is 0. The van der Waals surface area contributed by atoms with E-state index in [1.54, 1.807) is 5.57 Å². The van der Waals surface area contributed by atoms with Crippen LogP contribution in [0.1, 0.15) is 158 Å². The van der Waals surface area contributed by atoms with Gasteiger partial charge >= 0.3 is 0 Å². The molecule has 2 saturated carbocycles. The van der Waals surface area contributed by atoms with Crippen LogP contribution in [0.3, 0.4) is 0 Å². The molecule has 2 fully saturated rings. The van der Waals surface area contributed by atoms with Gasteiger partial charge in [0.1, 0.15) is 0 Å². The van der Waals surface area contributed by atoms with Crippen molar-refractivity contribution in [3.8, 4) is 0 Å². The molecule has 3 aliphatic rings. The summed E-state index contributed by atoms with van der Waals surface area (Å²) in [5.41, 5.74) is 12.2. The summed E-state index contributed by atoms with van der Waals surface area (Å²) in [4.78, 5) is 5.23. The number of anilines is 5. The van der Waals surface area contributed by atoms with Crippen LogP contribution in [0, 0.1) is 5.92 Å². The highest BCUT2D eigenvalue weighted by Gasteiger charge is 2.27. The molecule has 1 atom stereocenters. The Kier molecular flexibility index (Phi) is 15.1. The minimum absolute atomic E-state index is 0.214. The number of unbranched alkanes of at least 4 members (excludes halogenated alkanes) is 6. The highest BCUT2D eigenvalue weighted by atomic mass is 15.2. The van der Waals surface area contributed by atoms with Crippen LogP contribution in [0.15, 0.2) is 157 Å². The van der Waals surface area contributed by atoms with Gasteiger partial charge in [-0.1, -0.05) is 194 Å². The lowest BCUT2D eigenvalue weighted by Crippen LogP contribution is -2.31. The molecular formula is C66H76N2. The Morgan fingerprint density at radius 1 is 0.441 bits per heavy atom. The molecule has 0 spiro atoms. The molecule has 0 heterocycles. The summed E-state index contributed by atoms with van der Waals surface area (Å²) in [5.74, 6) is 1.39. The van der Waals surface area contributed by atoms with Crippen molar-refractivity contribution in [1.29, 1.82) is 0 Å². The maximum absolute atomic E-state index is 2.68. The topological polar surface area (TPSA) is 6.48 Å². The van der Waals surface area contributed by atoms with Crippen LogP contribution >= 0.6 is 0 Å². The summed E-state index contributed by atoms with van der Waals surface area (Å²) < 4.78 is 0. The predicted octanol–water partition coefficient (Wildman–Crippen LogP) is 19.9. The number of allylic oxidation sites excluding steroid dienone is 2. The fraction of sp³-hybridized carbons (Fsp3) is 0.394. The van der Waals surface area contributed by atoms with Crippen LogP contribution < -0.4 is 9.80 Å². The van der Waals surface area contributed by atoms with Gasteiger partial charge in [-0.2, -0.15) is 0 Å². The Morgan fingerprint density at radius 3 is 1.46 bits per heavy atom. The third-order valence-electron chi connectivity index (χ3n) is 16.1. The number of hydrogen-bond acceptors (Lipinski definition) is 2. The first-order valence-electron chi connectivity index (χ1n) is 27.3. The lowest BCUT2D eigenvalue weighted by Gasteiger charge is -2.36. The Bertz CT molecular complexity index is 2800. The molecule has 0 radical (unpaired) electrons. The fourth-order valence-electron chi connectivity index (χ4n) is 12.3. The second kappa shape index (κ2) is 22.2. The van der Waals surface area contributed by atoms with E-state index in [1.165, 1.54) is 193 Å². The monoisotopic (exact) mass is 897 g/mol. The number of benzene rings is 7. The van der Waals surface area contributed by atoms with Crippen molar-refractivity contribution in [2.75, 3.05) is 9.80 Å². The first-order valence-corrected chi connectivity index (χ1v) is 27.3. The molecular weight excluding hydrogens is 821 g/mol. The molecule has 7 aromatic rings. The van der Waals surface area contributed by atoms with Crippen LogP contribution in [-0.4, -0.2) is 6.04 Å². The van der Waals surface area contributed by atoms with Gasteiger partial charge in [0.25, 0.3) is 0 Å². The summed E-state index contributed by atoms with van der Waals surface area (Å²) in [7, 11) is 0. The SMILES string of the molecule is CCCCCCc1ccc(N(c2ccc(C3CCCCC3)cc2)c2cc3c4ccccc4c(N(c4ccc(CCCCCC)cc4)C4C=CC(C5CCCCC5)=CC4)cc3c3ccccc23)cc1. The van der Waals surface area contributed by atoms with E-state index in [4.69, 9.17) is 0 Å². The zero-order valence-electron chi connectivity index (χ0n) is 41.4.